The minimum Gasteiger partial charge on any atom is -0.327 e. The van der Waals surface area contributed by atoms with E-state index in [0.29, 0.717) is 16.1 Å². The number of nitrogens with two attached hydrogens (primary N) is 1. The van der Waals surface area contributed by atoms with Gasteiger partial charge in [0.1, 0.15) is 11.6 Å². The zero-order valence-corrected chi connectivity index (χ0v) is 12.1. The molecule has 0 aliphatic carbocycles. The molecule has 1 atom stereocenters. The highest BCUT2D eigenvalue weighted by atomic mass is 35.5. The molecule has 2 aromatic carbocycles. The molecule has 2 rings (SSSR count). The van der Waals surface area contributed by atoms with Crippen LogP contribution in [0.2, 0.25) is 10.0 Å². The molecule has 0 radical (unpaired) electrons. The van der Waals surface area contributed by atoms with Crippen molar-refractivity contribution in [1.29, 1.82) is 0 Å². The van der Waals surface area contributed by atoms with Crippen molar-refractivity contribution >= 4 is 23.2 Å². The van der Waals surface area contributed by atoms with Crippen LogP contribution in [-0.2, 0) is 12.8 Å². The summed E-state index contributed by atoms with van der Waals surface area (Å²) in [6, 6.07) is 8.76. The molecule has 0 saturated carbocycles. The number of benzene rings is 2. The van der Waals surface area contributed by atoms with Gasteiger partial charge in [-0.3, -0.25) is 0 Å². The van der Waals surface area contributed by atoms with E-state index in [0.717, 1.165) is 0 Å². The van der Waals surface area contributed by atoms with Gasteiger partial charge in [-0.2, -0.15) is 0 Å². The summed E-state index contributed by atoms with van der Waals surface area (Å²) in [6.07, 6.45) is 0.495. The summed E-state index contributed by atoms with van der Waals surface area (Å²) in [5, 5.41) is 0.380. The van der Waals surface area contributed by atoms with Crippen LogP contribution < -0.4 is 5.73 Å². The number of hydrogen-bond donors (Lipinski definition) is 1. The molecule has 20 heavy (non-hydrogen) atoms. The van der Waals surface area contributed by atoms with Gasteiger partial charge in [0.2, 0.25) is 0 Å². The van der Waals surface area contributed by atoms with Crippen molar-refractivity contribution in [2.45, 2.75) is 18.9 Å². The lowest BCUT2D eigenvalue weighted by Gasteiger charge is -2.14. The van der Waals surface area contributed by atoms with Crippen molar-refractivity contribution in [1.82, 2.24) is 0 Å². The lowest BCUT2D eigenvalue weighted by molar-refractivity contribution is 0.565. The maximum Gasteiger partial charge on any atom is 0.145 e. The van der Waals surface area contributed by atoms with Gasteiger partial charge >= 0.3 is 0 Å². The lowest BCUT2D eigenvalue weighted by Crippen LogP contribution is -2.26. The van der Waals surface area contributed by atoms with Crippen LogP contribution in [0.1, 0.15) is 11.1 Å². The van der Waals surface area contributed by atoms with E-state index in [9.17, 15) is 8.78 Å². The molecule has 0 amide bonds. The quantitative estimate of drug-likeness (QED) is 0.890. The summed E-state index contributed by atoms with van der Waals surface area (Å²) in [4.78, 5) is 0. The van der Waals surface area contributed by atoms with E-state index < -0.39 is 17.7 Å². The van der Waals surface area contributed by atoms with Crippen LogP contribution in [-0.4, -0.2) is 6.04 Å². The first kappa shape index (κ1) is 15.2. The number of rotatable bonds is 4. The van der Waals surface area contributed by atoms with E-state index in [1.165, 1.54) is 18.2 Å². The SMILES string of the molecule is NC(Cc1cccc(Cl)c1F)Cc1c(F)cccc1Cl. The van der Waals surface area contributed by atoms with Gasteiger partial charge in [-0.1, -0.05) is 41.4 Å². The van der Waals surface area contributed by atoms with E-state index in [1.54, 1.807) is 18.2 Å². The van der Waals surface area contributed by atoms with Crippen molar-refractivity contribution in [2.24, 2.45) is 5.73 Å². The van der Waals surface area contributed by atoms with Crippen LogP contribution in [0.3, 0.4) is 0 Å². The number of hydrogen-bond acceptors (Lipinski definition) is 1. The topological polar surface area (TPSA) is 26.0 Å². The van der Waals surface area contributed by atoms with E-state index in [1.807, 2.05) is 0 Å². The van der Waals surface area contributed by atoms with Crippen molar-refractivity contribution in [3.05, 3.63) is 69.2 Å². The first-order chi connectivity index (χ1) is 9.49. The van der Waals surface area contributed by atoms with E-state index >= 15 is 0 Å². The molecular formula is C15H13Cl2F2N. The molecule has 0 aliphatic rings. The highest BCUT2D eigenvalue weighted by Gasteiger charge is 2.15. The minimum absolute atomic E-state index is 0.0543. The second-order valence-corrected chi connectivity index (χ2v) is 5.40. The second-order valence-electron chi connectivity index (χ2n) is 4.58. The standard InChI is InChI=1S/C15H13Cl2F2N/c16-12-4-2-6-14(18)11(12)8-10(20)7-9-3-1-5-13(17)15(9)19/h1-6,10H,7-8,20H2. The Hall–Kier alpha value is -1.16. The third kappa shape index (κ3) is 3.48. The molecule has 0 heterocycles. The van der Waals surface area contributed by atoms with Crippen molar-refractivity contribution in [3.8, 4) is 0 Å². The predicted molar refractivity (Wildman–Crippen MR) is 78.2 cm³/mol. The Morgan fingerprint density at radius 2 is 1.60 bits per heavy atom. The van der Waals surface area contributed by atoms with Gasteiger partial charge < -0.3 is 5.73 Å². The summed E-state index contributed by atoms with van der Waals surface area (Å²) >= 11 is 11.7. The van der Waals surface area contributed by atoms with Gasteiger partial charge in [-0.05, 0) is 36.6 Å². The molecule has 0 saturated heterocycles. The van der Waals surface area contributed by atoms with E-state index in [4.69, 9.17) is 28.9 Å². The highest BCUT2D eigenvalue weighted by Crippen LogP contribution is 2.23. The minimum atomic E-state index is -0.482. The summed E-state index contributed by atoms with van der Waals surface area (Å²) in [5.74, 6) is -0.885. The highest BCUT2D eigenvalue weighted by molar-refractivity contribution is 6.31. The fourth-order valence-electron chi connectivity index (χ4n) is 2.05. The van der Waals surface area contributed by atoms with Crippen molar-refractivity contribution < 1.29 is 8.78 Å². The first-order valence-corrected chi connectivity index (χ1v) is 6.86. The molecule has 0 aromatic heterocycles. The third-order valence-corrected chi connectivity index (χ3v) is 3.69. The Balaban J connectivity index is 2.13. The molecule has 0 aliphatic heterocycles. The number of halogens is 4. The molecule has 2 aromatic rings. The Kier molecular flexibility index (Phi) is 4.97. The molecule has 1 nitrogen and oxygen atoms in total. The fourth-order valence-corrected chi connectivity index (χ4v) is 2.48. The van der Waals surface area contributed by atoms with E-state index in [2.05, 4.69) is 0 Å². The fraction of sp³-hybridized carbons (Fsp3) is 0.200. The molecule has 0 spiro atoms. The molecule has 1 unspecified atom stereocenters. The predicted octanol–water partition coefficient (Wildman–Crippen LogP) is 4.38. The smallest absolute Gasteiger partial charge is 0.145 e. The van der Waals surface area contributed by atoms with Gasteiger partial charge in [-0.15, -0.1) is 0 Å². The first-order valence-electron chi connectivity index (χ1n) is 6.10. The van der Waals surface area contributed by atoms with Crippen LogP contribution >= 0.6 is 23.2 Å². The van der Waals surface area contributed by atoms with E-state index in [-0.39, 0.29) is 17.9 Å². The van der Waals surface area contributed by atoms with Gasteiger partial charge in [0.25, 0.3) is 0 Å². The Labute approximate surface area is 126 Å². The molecule has 106 valence electrons. The largest absolute Gasteiger partial charge is 0.327 e. The Morgan fingerprint density at radius 1 is 0.950 bits per heavy atom. The lowest BCUT2D eigenvalue weighted by atomic mass is 9.99. The summed E-state index contributed by atoms with van der Waals surface area (Å²) in [7, 11) is 0. The molecule has 5 heteroatoms. The maximum absolute atomic E-state index is 13.8. The monoisotopic (exact) mass is 315 g/mol. The third-order valence-electron chi connectivity index (χ3n) is 3.04. The van der Waals surface area contributed by atoms with Crippen molar-refractivity contribution in [2.75, 3.05) is 0 Å². The molecular weight excluding hydrogens is 303 g/mol. The van der Waals surface area contributed by atoms with Crippen LogP contribution in [0.4, 0.5) is 8.78 Å². The van der Waals surface area contributed by atoms with Crippen LogP contribution in [0.25, 0.3) is 0 Å². The zero-order valence-electron chi connectivity index (χ0n) is 10.5. The van der Waals surface area contributed by atoms with Gasteiger partial charge in [0.05, 0.1) is 5.02 Å². The van der Waals surface area contributed by atoms with Gasteiger partial charge in [0, 0.05) is 16.6 Å². The molecule has 0 fully saturated rings. The maximum atomic E-state index is 13.8. The second kappa shape index (κ2) is 6.53. The summed E-state index contributed by atoms with van der Waals surface area (Å²) in [5.41, 5.74) is 6.72. The molecule has 2 N–H and O–H groups in total. The Bertz CT molecular complexity index is 597. The van der Waals surface area contributed by atoms with Crippen LogP contribution in [0, 0.1) is 11.6 Å². The van der Waals surface area contributed by atoms with Crippen molar-refractivity contribution in [3.63, 3.8) is 0 Å². The normalized spacial score (nSPS) is 12.4. The average Bonchev–Trinajstić information content (AvgIpc) is 2.39. The summed E-state index contributed by atoms with van der Waals surface area (Å²) in [6.45, 7) is 0. The summed E-state index contributed by atoms with van der Waals surface area (Å²) < 4.78 is 27.4. The van der Waals surface area contributed by atoms with Gasteiger partial charge in [0.15, 0.2) is 0 Å². The van der Waals surface area contributed by atoms with Gasteiger partial charge in [-0.25, -0.2) is 8.78 Å². The molecule has 0 bridgehead atoms. The van der Waals surface area contributed by atoms with Crippen LogP contribution in [0.15, 0.2) is 36.4 Å². The zero-order chi connectivity index (χ0) is 14.7. The Morgan fingerprint density at radius 3 is 2.30 bits per heavy atom. The van der Waals surface area contributed by atoms with Crippen LogP contribution in [0.5, 0.6) is 0 Å². The average molecular weight is 316 g/mol.